The average molecular weight is 231 g/mol. The molecule has 0 fully saturated rings. The molecule has 14 heavy (non-hydrogen) atoms. The van der Waals surface area contributed by atoms with Gasteiger partial charge in [-0.2, -0.15) is 0 Å². The van der Waals surface area contributed by atoms with Crippen LogP contribution in [0, 0.1) is 19.8 Å². The summed E-state index contributed by atoms with van der Waals surface area (Å²) in [6.45, 7) is 4.24. The van der Waals surface area contributed by atoms with Gasteiger partial charge in [-0.3, -0.25) is 0 Å². The summed E-state index contributed by atoms with van der Waals surface area (Å²) in [5, 5.41) is 0. The summed E-state index contributed by atoms with van der Waals surface area (Å²) in [6, 6.07) is 6.60. The second kappa shape index (κ2) is 5.63. The van der Waals surface area contributed by atoms with Crippen LogP contribution < -0.4 is 0 Å². The first-order chi connectivity index (χ1) is 6.65. The van der Waals surface area contributed by atoms with Crippen LogP contribution in [-0.4, -0.2) is 11.8 Å². The van der Waals surface area contributed by atoms with Crippen LogP contribution in [0.25, 0.3) is 0 Å². The number of rotatable bonds is 4. The van der Waals surface area contributed by atoms with E-state index < -0.39 is 0 Å². The molecule has 0 amide bonds. The van der Waals surface area contributed by atoms with Crippen LogP contribution in [0.1, 0.15) is 16.7 Å². The summed E-state index contributed by atoms with van der Waals surface area (Å²) >= 11 is 11.6. The van der Waals surface area contributed by atoms with Crippen molar-refractivity contribution in [3.63, 3.8) is 0 Å². The zero-order valence-corrected chi connectivity index (χ0v) is 10.2. The van der Waals surface area contributed by atoms with E-state index in [0.29, 0.717) is 17.7 Å². The highest BCUT2D eigenvalue weighted by Gasteiger charge is 2.07. The molecule has 1 aromatic rings. The van der Waals surface area contributed by atoms with Crippen molar-refractivity contribution >= 4 is 23.2 Å². The topological polar surface area (TPSA) is 0 Å². The number of alkyl halides is 2. The molecule has 0 N–H and O–H groups in total. The van der Waals surface area contributed by atoms with E-state index in [1.165, 1.54) is 16.7 Å². The highest BCUT2D eigenvalue weighted by Crippen LogP contribution is 2.15. The van der Waals surface area contributed by atoms with Crippen LogP contribution >= 0.6 is 23.2 Å². The Balaban J connectivity index is 2.75. The van der Waals surface area contributed by atoms with Crippen molar-refractivity contribution in [2.45, 2.75) is 20.3 Å². The molecule has 0 bridgehead atoms. The summed E-state index contributed by atoms with van der Waals surface area (Å²) < 4.78 is 0. The third-order valence-electron chi connectivity index (χ3n) is 2.24. The summed E-state index contributed by atoms with van der Waals surface area (Å²) in [6.07, 6.45) is 0.982. The number of hydrogen-bond acceptors (Lipinski definition) is 0. The molecule has 0 aliphatic rings. The first kappa shape index (κ1) is 11.9. The lowest BCUT2D eigenvalue weighted by atomic mass is 9.99. The van der Waals surface area contributed by atoms with Gasteiger partial charge in [-0.1, -0.05) is 29.3 Å². The minimum absolute atomic E-state index is 0.388. The van der Waals surface area contributed by atoms with Gasteiger partial charge < -0.3 is 0 Å². The molecule has 0 aliphatic carbocycles. The largest absolute Gasteiger partial charge is 0.126 e. The Morgan fingerprint density at radius 2 is 1.50 bits per heavy atom. The summed E-state index contributed by atoms with van der Waals surface area (Å²) in [5.41, 5.74) is 3.96. The predicted octanol–water partition coefficient (Wildman–Crippen LogP) is 3.94. The van der Waals surface area contributed by atoms with Crippen LogP contribution in [-0.2, 0) is 6.42 Å². The van der Waals surface area contributed by atoms with E-state index in [-0.39, 0.29) is 0 Å². The van der Waals surface area contributed by atoms with Gasteiger partial charge in [0.15, 0.2) is 0 Å². The Morgan fingerprint density at radius 3 is 1.93 bits per heavy atom. The van der Waals surface area contributed by atoms with E-state index in [1.54, 1.807) is 0 Å². The van der Waals surface area contributed by atoms with E-state index in [0.717, 1.165) is 6.42 Å². The Bertz CT molecular complexity index is 270. The quantitative estimate of drug-likeness (QED) is 0.688. The summed E-state index contributed by atoms with van der Waals surface area (Å²) in [5.74, 6) is 1.66. The minimum Gasteiger partial charge on any atom is -0.126 e. The zero-order valence-electron chi connectivity index (χ0n) is 8.69. The maximum absolute atomic E-state index is 5.81. The van der Waals surface area contributed by atoms with Crippen LogP contribution in [0.3, 0.4) is 0 Å². The molecular formula is C12H16Cl2. The van der Waals surface area contributed by atoms with Crippen molar-refractivity contribution in [1.29, 1.82) is 0 Å². The van der Waals surface area contributed by atoms with Crippen LogP contribution in [0.4, 0.5) is 0 Å². The zero-order chi connectivity index (χ0) is 10.6. The Hall–Kier alpha value is -0.200. The first-order valence-corrected chi connectivity index (χ1v) is 5.91. The van der Waals surface area contributed by atoms with Crippen molar-refractivity contribution in [3.05, 3.63) is 34.9 Å². The Kier molecular flexibility index (Phi) is 4.77. The Morgan fingerprint density at radius 1 is 1.00 bits per heavy atom. The van der Waals surface area contributed by atoms with Gasteiger partial charge in [0.05, 0.1) is 0 Å². The molecule has 0 saturated heterocycles. The number of hydrogen-bond donors (Lipinski definition) is 0. The number of halogens is 2. The highest BCUT2D eigenvalue weighted by molar-refractivity contribution is 6.20. The first-order valence-electron chi connectivity index (χ1n) is 4.84. The fourth-order valence-corrected chi connectivity index (χ4v) is 2.22. The van der Waals surface area contributed by atoms with Crippen molar-refractivity contribution in [2.75, 3.05) is 11.8 Å². The van der Waals surface area contributed by atoms with E-state index >= 15 is 0 Å². The van der Waals surface area contributed by atoms with E-state index in [2.05, 4.69) is 32.0 Å². The fourth-order valence-electron chi connectivity index (χ4n) is 1.67. The van der Waals surface area contributed by atoms with Crippen molar-refractivity contribution in [1.82, 2.24) is 0 Å². The molecule has 0 atom stereocenters. The van der Waals surface area contributed by atoms with E-state index in [9.17, 15) is 0 Å². The summed E-state index contributed by atoms with van der Waals surface area (Å²) in [4.78, 5) is 0. The summed E-state index contributed by atoms with van der Waals surface area (Å²) in [7, 11) is 0. The molecule has 0 unspecified atom stereocenters. The van der Waals surface area contributed by atoms with Gasteiger partial charge in [-0.15, -0.1) is 23.2 Å². The third kappa shape index (κ3) is 3.51. The standard InChI is InChI=1S/C12H16Cl2/c1-9-3-10(2)5-11(4-9)6-12(7-13)8-14/h3-5,12H,6-8H2,1-2H3. The van der Waals surface area contributed by atoms with Gasteiger partial charge in [0, 0.05) is 11.8 Å². The minimum atomic E-state index is 0.388. The smallest absolute Gasteiger partial charge is 0.0266 e. The van der Waals surface area contributed by atoms with Gasteiger partial charge in [0.2, 0.25) is 0 Å². The van der Waals surface area contributed by atoms with Gasteiger partial charge in [0.25, 0.3) is 0 Å². The molecule has 78 valence electrons. The van der Waals surface area contributed by atoms with E-state index in [1.807, 2.05) is 0 Å². The molecule has 1 aromatic carbocycles. The molecule has 2 heteroatoms. The van der Waals surface area contributed by atoms with Crippen LogP contribution in [0.5, 0.6) is 0 Å². The normalized spacial score (nSPS) is 10.9. The lowest BCUT2D eigenvalue weighted by Gasteiger charge is -2.11. The second-order valence-corrected chi connectivity index (χ2v) is 4.49. The molecule has 1 rings (SSSR count). The lowest BCUT2D eigenvalue weighted by Crippen LogP contribution is -2.08. The third-order valence-corrected chi connectivity index (χ3v) is 3.12. The average Bonchev–Trinajstić information content (AvgIpc) is 2.12. The van der Waals surface area contributed by atoms with E-state index in [4.69, 9.17) is 23.2 Å². The van der Waals surface area contributed by atoms with Crippen molar-refractivity contribution in [2.24, 2.45) is 5.92 Å². The van der Waals surface area contributed by atoms with Gasteiger partial charge in [-0.05, 0) is 31.7 Å². The fraction of sp³-hybridized carbons (Fsp3) is 0.500. The predicted molar refractivity (Wildman–Crippen MR) is 64.6 cm³/mol. The van der Waals surface area contributed by atoms with Gasteiger partial charge >= 0.3 is 0 Å². The monoisotopic (exact) mass is 230 g/mol. The second-order valence-electron chi connectivity index (χ2n) is 3.87. The Labute approximate surface area is 96.2 Å². The molecule has 0 saturated carbocycles. The lowest BCUT2D eigenvalue weighted by molar-refractivity contribution is 0.661. The molecule has 0 spiro atoms. The van der Waals surface area contributed by atoms with Crippen LogP contribution in [0.15, 0.2) is 18.2 Å². The molecule has 0 aliphatic heterocycles. The molecule has 0 aromatic heterocycles. The maximum Gasteiger partial charge on any atom is 0.0266 e. The maximum atomic E-state index is 5.81. The highest BCUT2D eigenvalue weighted by atomic mass is 35.5. The van der Waals surface area contributed by atoms with Crippen molar-refractivity contribution in [3.8, 4) is 0 Å². The van der Waals surface area contributed by atoms with Crippen molar-refractivity contribution < 1.29 is 0 Å². The van der Waals surface area contributed by atoms with Crippen LogP contribution in [0.2, 0.25) is 0 Å². The van der Waals surface area contributed by atoms with Gasteiger partial charge in [0.1, 0.15) is 0 Å². The SMILES string of the molecule is Cc1cc(C)cc(CC(CCl)CCl)c1. The molecular weight excluding hydrogens is 215 g/mol. The molecule has 0 heterocycles. The number of aryl methyl sites for hydroxylation is 2. The van der Waals surface area contributed by atoms with Gasteiger partial charge in [-0.25, -0.2) is 0 Å². The molecule has 0 nitrogen and oxygen atoms in total. The number of benzene rings is 1. The molecule has 0 radical (unpaired) electrons.